The van der Waals surface area contributed by atoms with Crippen molar-refractivity contribution >= 4 is 28.9 Å². The molecule has 0 bridgehead atoms. The summed E-state index contributed by atoms with van der Waals surface area (Å²) in [5.41, 5.74) is 1.13. The van der Waals surface area contributed by atoms with Crippen LogP contribution in [0.2, 0.25) is 10.0 Å². The summed E-state index contributed by atoms with van der Waals surface area (Å²) in [4.78, 5) is 4.59. The quantitative estimate of drug-likeness (QED) is 0.383. The molecule has 0 fully saturated rings. The molecule has 156 valence electrons. The van der Waals surface area contributed by atoms with E-state index in [1.165, 1.54) is 6.07 Å². The Bertz CT molecular complexity index is 1360. The van der Waals surface area contributed by atoms with Crippen LogP contribution in [0, 0.1) is 18.6 Å². The molecule has 3 heterocycles. The van der Waals surface area contributed by atoms with E-state index in [0.717, 1.165) is 12.1 Å². The molecule has 0 N–H and O–H groups in total. The Kier molecular flexibility index (Phi) is 4.64. The molecule has 4 aromatic rings. The van der Waals surface area contributed by atoms with E-state index in [-0.39, 0.29) is 26.9 Å². The Hall–Kier alpha value is -3.10. The highest BCUT2D eigenvalue weighted by atomic mass is 35.5. The number of aromatic nitrogens is 4. The van der Waals surface area contributed by atoms with Gasteiger partial charge in [-0.2, -0.15) is 0 Å². The first kappa shape index (κ1) is 19.8. The van der Waals surface area contributed by atoms with Gasteiger partial charge in [0, 0.05) is 11.6 Å². The van der Waals surface area contributed by atoms with Gasteiger partial charge in [0.15, 0.2) is 5.82 Å². The van der Waals surface area contributed by atoms with E-state index in [2.05, 4.69) is 20.3 Å². The van der Waals surface area contributed by atoms with E-state index in [1.54, 1.807) is 36.6 Å². The fourth-order valence-electron chi connectivity index (χ4n) is 3.61. The Morgan fingerprint density at radius 2 is 1.77 bits per heavy atom. The standard InChI is InChI=1S/C21H13Cl2F2N5O/c1-9-8-15(31-29-9)21-28-27-20-10(2)26-19(16-12(24)4-3-5-13(16)25)17-14(30(20)21)7-6-11(22)18(17)23/h3-8,10H,1-2H3/t10-/m0/s1. The second-order valence-electron chi connectivity index (χ2n) is 7.06. The molecule has 1 atom stereocenters. The van der Waals surface area contributed by atoms with Gasteiger partial charge in [-0.25, -0.2) is 8.78 Å². The highest BCUT2D eigenvalue weighted by Crippen LogP contribution is 2.40. The van der Waals surface area contributed by atoms with E-state index < -0.39 is 17.7 Å². The summed E-state index contributed by atoms with van der Waals surface area (Å²) in [7, 11) is 0. The summed E-state index contributed by atoms with van der Waals surface area (Å²) in [6.07, 6.45) is 0. The average molecular weight is 460 g/mol. The van der Waals surface area contributed by atoms with Gasteiger partial charge in [0.25, 0.3) is 0 Å². The molecule has 0 unspecified atom stereocenters. The third-order valence-corrected chi connectivity index (χ3v) is 5.79. The molecule has 1 aliphatic rings. The van der Waals surface area contributed by atoms with Crippen molar-refractivity contribution < 1.29 is 13.3 Å². The molecular formula is C21H13Cl2F2N5O. The number of hydrogen-bond acceptors (Lipinski definition) is 5. The second-order valence-corrected chi connectivity index (χ2v) is 7.84. The zero-order valence-corrected chi connectivity index (χ0v) is 17.7. The van der Waals surface area contributed by atoms with Crippen LogP contribution in [0.15, 0.2) is 45.9 Å². The molecule has 0 aliphatic carbocycles. The molecule has 0 saturated carbocycles. The van der Waals surface area contributed by atoms with Crippen LogP contribution >= 0.6 is 23.2 Å². The number of aryl methyl sites for hydroxylation is 1. The van der Waals surface area contributed by atoms with Gasteiger partial charge in [0.2, 0.25) is 11.6 Å². The summed E-state index contributed by atoms with van der Waals surface area (Å²) in [5, 5.41) is 12.7. The Morgan fingerprint density at radius 1 is 1.03 bits per heavy atom. The SMILES string of the molecule is Cc1cc(-c2nnc3n2-c2ccc(Cl)c(Cl)c2C(c2c(F)cccc2F)=N[C@H]3C)on1. The Morgan fingerprint density at radius 3 is 2.45 bits per heavy atom. The topological polar surface area (TPSA) is 69.1 Å². The van der Waals surface area contributed by atoms with Gasteiger partial charge in [0.1, 0.15) is 17.7 Å². The summed E-state index contributed by atoms with van der Waals surface area (Å²) in [6.45, 7) is 3.53. The zero-order valence-electron chi connectivity index (χ0n) is 16.2. The van der Waals surface area contributed by atoms with E-state index in [0.29, 0.717) is 28.8 Å². The molecule has 10 heteroatoms. The van der Waals surface area contributed by atoms with Gasteiger partial charge in [-0.1, -0.05) is 34.4 Å². The van der Waals surface area contributed by atoms with Gasteiger partial charge < -0.3 is 4.52 Å². The van der Waals surface area contributed by atoms with Gasteiger partial charge in [0.05, 0.1) is 32.7 Å². The summed E-state index contributed by atoms with van der Waals surface area (Å²) in [5.74, 6) is -0.364. The van der Waals surface area contributed by atoms with Crippen LogP contribution in [0.1, 0.15) is 35.6 Å². The summed E-state index contributed by atoms with van der Waals surface area (Å²) < 4.78 is 36.6. The lowest BCUT2D eigenvalue weighted by Gasteiger charge is -2.16. The van der Waals surface area contributed by atoms with Gasteiger partial charge >= 0.3 is 0 Å². The molecule has 5 rings (SSSR count). The normalized spacial score (nSPS) is 15.3. The lowest BCUT2D eigenvalue weighted by atomic mass is 9.99. The number of hydrogen-bond donors (Lipinski definition) is 0. The van der Waals surface area contributed by atoms with E-state index in [1.807, 2.05) is 0 Å². The van der Waals surface area contributed by atoms with Gasteiger partial charge in [-0.05, 0) is 38.1 Å². The van der Waals surface area contributed by atoms with Crippen LogP contribution in [0.3, 0.4) is 0 Å². The van der Waals surface area contributed by atoms with Crippen LogP contribution in [-0.4, -0.2) is 25.6 Å². The smallest absolute Gasteiger partial charge is 0.207 e. The Balaban J connectivity index is 1.87. The van der Waals surface area contributed by atoms with Crippen molar-refractivity contribution in [2.24, 2.45) is 4.99 Å². The molecule has 0 radical (unpaired) electrons. The predicted molar refractivity (Wildman–Crippen MR) is 112 cm³/mol. The minimum absolute atomic E-state index is 0.0378. The van der Waals surface area contributed by atoms with Crippen molar-refractivity contribution in [2.45, 2.75) is 19.9 Å². The fraction of sp³-hybridized carbons (Fsp3) is 0.143. The average Bonchev–Trinajstić information content (AvgIpc) is 3.32. The number of aliphatic imine (C=N–C) groups is 1. The maximum Gasteiger partial charge on any atom is 0.207 e. The van der Waals surface area contributed by atoms with Crippen molar-refractivity contribution in [3.05, 3.63) is 80.7 Å². The number of rotatable bonds is 2. The first-order chi connectivity index (χ1) is 14.9. The Labute approximate surface area is 185 Å². The van der Waals surface area contributed by atoms with Crippen molar-refractivity contribution in [3.63, 3.8) is 0 Å². The number of benzene rings is 2. The minimum Gasteiger partial charge on any atom is -0.353 e. The van der Waals surface area contributed by atoms with Crippen molar-refractivity contribution in [1.82, 2.24) is 19.9 Å². The van der Waals surface area contributed by atoms with E-state index in [4.69, 9.17) is 27.7 Å². The van der Waals surface area contributed by atoms with Crippen molar-refractivity contribution in [1.29, 1.82) is 0 Å². The minimum atomic E-state index is -0.767. The van der Waals surface area contributed by atoms with Crippen LogP contribution in [0.25, 0.3) is 17.3 Å². The molecule has 1 aliphatic heterocycles. The number of nitrogens with zero attached hydrogens (tertiary/aromatic N) is 5. The van der Waals surface area contributed by atoms with Crippen LogP contribution in [0.4, 0.5) is 8.78 Å². The van der Waals surface area contributed by atoms with E-state index >= 15 is 0 Å². The van der Waals surface area contributed by atoms with E-state index in [9.17, 15) is 8.78 Å². The third kappa shape index (κ3) is 3.05. The largest absolute Gasteiger partial charge is 0.353 e. The van der Waals surface area contributed by atoms with Gasteiger partial charge in [-0.3, -0.25) is 9.56 Å². The first-order valence-electron chi connectivity index (χ1n) is 9.26. The van der Waals surface area contributed by atoms with Crippen molar-refractivity contribution in [2.75, 3.05) is 0 Å². The molecule has 0 amide bonds. The van der Waals surface area contributed by atoms with Crippen LogP contribution < -0.4 is 0 Å². The second kappa shape index (κ2) is 7.25. The predicted octanol–water partition coefficient (Wildman–Crippen LogP) is 5.73. The molecule has 0 spiro atoms. The summed E-state index contributed by atoms with van der Waals surface area (Å²) >= 11 is 12.9. The summed E-state index contributed by atoms with van der Waals surface area (Å²) in [6, 6.07) is 7.98. The molecule has 0 saturated heterocycles. The molecule has 2 aromatic heterocycles. The highest BCUT2D eigenvalue weighted by Gasteiger charge is 2.32. The highest BCUT2D eigenvalue weighted by molar-refractivity contribution is 6.45. The van der Waals surface area contributed by atoms with Crippen LogP contribution in [-0.2, 0) is 0 Å². The maximum atomic E-state index is 14.8. The lowest BCUT2D eigenvalue weighted by Crippen LogP contribution is -2.13. The third-order valence-electron chi connectivity index (χ3n) is 4.98. The van der Waals surface area contributed by atoms with Crippen LogP contribution in [0.5, 0.6) is 0 Å². The molecule has 31 heavy (non-hydrogen) atoms. The lowest BCUT2D eigenvalue weighted by molar-refractivity contribution is 0.423. The zero-order chi connectivity index (χ0) is 21.9. The van der Waals surface area contributed by atoms with Crippen molar-refractivity contribution in [3.8, 4) is 17.3 Å². The van der Waals surface area contributed by atoms with Gasteiger partial charge in [-0.15, -0.1) is 10.2 Å². The number of fused-ring (bicyclic) bond motifs is 3. The fourth-order valence-corrected chi connectivity index (χ4v) is 4.02. The molecular weight excluding hydrogens is 447 g/mol. The molecule has 2 aromatic carbocycles. The first-order valence-corrected chi connectivity index (χ1v) is 10.0. The number of halogens is 4. The monoisotopic (exact) mass is 459 g/mol. The maximum absolute atomic E-state index is 14.8. The molecule has 6 nitrogen and oxygen atoms in total.